The van der Waals surface area contributed by atoms with Gasteiger partial charge in [0.25, 0.3) is 5.91 Å². The van der Waals surface area contributed by atoms with Gasteiger partial charge in [0.05, 0.1) is 9.75 Å². The molecule has 0 bridgehead atoms. The molecule has 0 saturated heterocycles. The molecule has 100 valence electrons. The fraction of sp³-hybridized carbons (Fsp3) is 0.286. The molecule has 19 heavy (non-hydrogen) atoms. The first-order valence-corrected chi connectivity index (χ1v) is 7.69. The summed E-state index contributed by atoms with van der Waals surface area (Å²) in [4.78, 5) is 25.6. The van der Waals surface area contributed by atoms with Crippen LogP contribution >= 0.6 is 22.7 Å². The maximum Gasteiger partial charge on any atom is 0.261 e. The molecule has 2 aromatic rings. The van der Waals surface area contributed by atoms with Crippen LogP contribution in [0.15, 0.2) is 23.6 Å². The van der Waals surface area contributed by atoms with Crippen LogP contribution in [-0.2, 0) is 6.42 Å². The van der Waals surface area contributed by atoms with Crippen molar-refractivity contribution in [3.05, 3.63) is 43.8 Å². The molecule has 1 N–H and O–H groups in total. The molecule has 2 heterocycles. The van der Waals surface area contributed by atoms with E-state index in [2.05, 4.69) is 5.32 Å². The number of carbonyl (C=O) groups is 2. The zero-order valence-corrected chi connectivity index (χ0v) is 12.5. The second-order valence-electron chi connectivity index (χ2n) is 4.32. The second kappa shape index (κ2) is 6.12. The van der Waals surface area contributed by atoms with Gasteiger partial charge in [-0.05, 0) is 49.4 Å². The highest BCUT2D eigenvalue weighted by Gasteiger charge is 2.08. The van der Waals surface area contributed by atoms with Gasteiger partial charge in [-0.3, -0.25) is 9.59 Å². The monoisotopic (exact) mass is 293 g/mol. The van der Waals surface area contributed by atoms with E-state index in [0.29, 0.717) is 6.54 Å². The van der Waals surface area contributed by atoms with Crippen molar-refractivity contribution in [3.63, 3.8) is 0 Å². The van der Waals surface area contributed by atoms with Gasteiger partial charge in [-0.2, -0.15) is 0 Å². The van der Waals surface area contributed by atoms with Crippen LogP contribution in [0.3, 0.4) is 0 Å². The van der Waals surface area contributed by atoms with E-state index >= 15 is 0 Å². The molecule has 0 aliphatic heterocycles. The number of aryl methyl sites for hydroxylation is 1. The predicted molar refractivity (Wildman–Crippen MR) is 79.4 cm³/mol. The van der Waals surface area contributed by atoms with Crippen molar-refractivity contribution in [3.8, 4) is 0 Å². The number of hydrogen-bond donors (Lipinski definition) is 1. The fourth-order valence-electron chi connectivity index (χ4n) is 1.64. The molecule has 0 fully saturated rings. The molecule has 2 aromatic heterocycles. The maximum absolute atomic E-state index is 11.8. The van der Waals surface area contributed by atoms with Gasteiger partial charge in [0, 0.05) is 11.4 Å². The molecule has 0 atom stereocenters. The van der Waals surface area contributed by atoms with Gasteiger partial charge in [-0.15, -0.1) is 22.7 Å². The van der Waals surface area contributed by atoms with Crippen molar-refractivity contribution in [2.45, 2.75) is 20.3 Å². The first-order chi connectivity index (χ1) is 9.06. The molecule has 0 radical (unpaired) electrons. The summed E-state index contributed by atoms with van der Waals surface area (Å²) < 4.78 is 0. The molecule has 0 aromatic carbocycles. The second-order valence-corrected chi connectivity index (χ2v) is 6.40. The molecule has 0 aliphatic carbocycles. The Hall–Kier alpha value is -1.46. The summed E-state index contributed by atoms with van der Waals surface area (Å²) >= 11 is 2.95. The Kier molecular flexibility index (Phi) is 4.50. The Morgan fingerprint density at radius 3 is 2.63 bits per heavy atom. The van der Waals surface area contributed by atoms with Crippen molar-refractivity contribution in [2.75, 3.05) is 6.54 Å². The van der Waals surface area contributed by atoms with Crippen LogP contribution in [-0.4, -0.2) is 18.2 Å². The normalized spacial score (nSPS) is 10.4. The average Bonchev–Trinajstić information content (AvgIpc) is 2.98. The van der Waals surface area contributed by atoms with E-state index in [1.54, 1.807) is 6.92 Å². The van der Waals surface area contributed by atoms with Gasteiger partial charge in [0.2, 0.25) is 0 Å². The molecule has 0 spiro atoms. The third-order valence-electron chi connectivity index (χ3n) is 2.62. The first kappa shape index (κ1) is 14.0. The lowest BCUT2D eigenvalue weighted by molar-refractivity contribution is 0.0957. The highest BCUT2D eigenvalue weighted by atomic mass is 32.1. The minimum absolute atomic E-state index is 0.0264. The first-order valence-electron chi connectivity index (χ1n) is 5.99. The molecule has 5 heteroatoms. The summed E-state index contributed by atoms with van der Waals surface area (Å²) in [5.41, 5.74) is 1.11. The summed E-state index contributed by atoms with van der Waals surface area (Å²) in [6.45, 7) is 4.13. The van der Waals surface area contributed by atoms with Crippen LogP contribution in [0.2, 0.25) is 0 Å². The van der Waals surface area contributed by atoms with Gasteiger partial charge in [-0.1, -0.05) is 0 Å². The van der Waals surface area contributed by atoms with Gasteiger partial charge in [0.1, 0.15) is 0 Å². The van der Waals surface area contributed by atoms with Crippen LogP contribution in [0.1, 0.15) is 36.7 Å². The van der Waals surface area contributed by atoms with Crippen molar-refractivity contribution in [1.82, 2.24) is 5.32 Å². The molecule has 0 aliphatic rings. The van der Waals surface area contributed by atoms with E-state index < -0.39 is 0 Å². The topological polar surface area (TPSA) is 46.2 Å². The predicted octanol–water partition coefficient (Wildman–Crippen LogP) is 3.29. The number of ketones is 1. The summed E-state index contributed by atoms with van der Waals surface area (Å²) in [6, 6.07) is 5.68. The largest absolute Gasteiger partial charge is 0.351 e. The van der Waals surface area contributed by atoms with Gasteiger partial charge < -0.3 is 5.32 Å². The van der Waals surface area contributed by atoms with E-state index in [1.807, 2.05) is 30.5 Å². The van der Waals surface area contributed by atoms with Crippen LogP contribution in [0, 0.1) is 6.92 Å². The molecule has 2 rings (SSSR count). The highest BCUT2D eigenvalue weighted by Crippen LogP contribution is 2.17. The van der Waals surface area contributed by atoms with Crippen LogP contribution in [0.5, 0.6) is 0 Å². The number of amides is 1. The average molecular weight is 293 g/mol. The van der Waals surface area contributed by atoms with E-state index in [0.717, 1.165) is 26.6 Å². The van der Waals surface area contributed by atoms with E-state index in [9.17, 15) is 9.59 Å². The number of nitrogens with one attached hydrogen (secondary N) is 1. The number of Topliss-reactive ketones (excluding diaryl/α,β-unsaturated/α-hetero) is 1. The summed E-state index contributed by atoms with van der Waals surface area (Å²) in [7, 11) is 0. The Labute approximate surface area is 120 Å². The van der Waals surface area contributed by atoms with Gasteiger partial charge >= 0.3 is 0 Å². The smallest absolute Gasteiger partial charge is 0.261 e. The molecule has 3 nitrogen and oxygen atoms in total. The molecular formula is C14H15NO2S2. The molecule has 1 amide bonds. The number of thiophene rings is 2. The number of carbonyl (C=O) groups excluding carboxylic acids is 2. The van der Waals surface area contributed by atoms with Crippen molar-refractivity contribution >= 4 is 34.4 Å². The van der Waals surface area contributed by atoms with Crippen molar-refractivity contribution < 1.29 is 9.59 Å². The summed E-state index contributed by atoms with van der Waals surface area (Å²) in [6.07, 6.45) is 0.758. The minimum Gasteiger partial charge on any atom is -0.351 e. The van der Waals surface area contributed by atoms with Gasteiger partial charge in [0.15, 0.2) is 5.78 Å². The lowest BCUT2D eigenvalue weighted by Gasteiger charge is -2.01. The summed E-state index contributed by atoms with van der Waals surface area (Å²) in [5, 5.41) is 4.86. The summed E-state index contributed by atoms with van der Waals surface area (Å²) in [5.74, 6) is 0.0655. The Balaban J connectivity index is 1.83. The molecular weight excluding hydrogens is 278 g/mol. The van der Waals surface area contributed by atoms with Gasteiger partial charge in [-0.25, -0.2) is 0 Å². The Bertz CT molecular complexity index is 598. The third kappa shape index (κ3) is 3.75. The zero-order chi connectivity index (χ0) is 13.8. The SMILES string of the molecule is CC(=O)c1ccc(CCNC(=O)c2cc(C)cs2)s1. The lowest BCUT2D eigenvalue weighted by Crippen LogP contribution is -2.24. The Morgan fingerprint density at radius 1 is 1.26 bits per heavy atom. The standard InChI is InChI=1S/C14H15NO2S2/c1-9-7-13(18-8-9)14(17)15-6-5-11-3-4-12(19-11)10(2)16/h3-4,7-8H,5-6H2,1-2H3,(H,15,17). The highest BCUT2D eigenvalue weighted by molar-refractivity contribution is 7.14. The zero-order valence-electron chi connectivity index (χ0n) is 10.9. The molecule has 0 unspecified atom stereocenters. The van der Waals surface area contributed by atoms with Crippen LogP contribution < -0.4 is 5.32 Å². The van der Waals surface area contributed by atoms with E-state index in [4.69, 9.17) is 0 Å². The van der Waals surface area contributed by atoms with E-state index in [-0.39, 0.29) is 11.7 Å². The van der Waals surface area contributed by atoms with Crippen LogP contribution in [0.4, 0.5) is 0 Å². The fourth-order valence-corrected chi connectivity index (χ4v) is 3.35. The quantitative estimate of drug-likeness (QED) is 0.860. The lowest BCUT2D eigenvalue weighted by atomic mass is 10.3. The van der Waals surface area contributed by atoms with Crippen LogP contribution in [0.25, 0.3) is 0 Å². The van der Waals surface area contributed by atoms with E-state index in [1.165, 1.54) is 22.7 Å². The minimum atomic E-state index is -0.0264. The number of rotatable bonds is 5. The van der Waals surface area contributed by atoms with Crippen molar-refractivity contribution in [2.24, 2.45) is 0 Å². The molecule has 0 saturated carbocycles. The number of hydrogen-bond acceptors (Lipinski definition) is 4. The van der Waals surface area contributed by atoms with Crippen molar-refractivity contribution in [1.29, 1.82) is 0 Å². The third-order valence-corrected chi connectivity index (χ3v) is 4.91. The Morgan fingerprint density at radius 2 is 2.05 bits per heavy atom. The maximum atomic E-state index is 11.8.